The molecule has 22 nitrogen and oxygen atoms in total. The molecule has 0 saturated carbocycles. The minimum absolute atomic E-state index is 0.211. The lowest BCUT2D eigenvalue weighted by atomic mass is 10.1. The molecule has 0 unspecified atom stereocenters. The number of benzene rings is 5. The van der Waals surface area contributed by atoms with E-state index in [9.17, 15) is 19.2 Å². The fourth-order valence-corrected chi connectivity index (χ4v) is 12.6. The number of rotatable bonds is 20. The molecular formula is C88H81Cl4N17O5. The zero-order valence-corrected chi connectivity index (χ0v) is 65.6. The lowest BCUT2D eigenvalue weighted by molar-refractivity contribution is 0.101. The molecule has 26 heteroatoms. The number of amides is 4. The number of carbonyl (C=O) groups excluding carboxylic acids is 4. The molecule has 0 spiro atoms. The average Bonchev–Trinajstić information content (AvgIpc) is 0.835. The number of piperazine rings is 1. The second kappa shape index (κ2) is 40.6. The molecule has 576 valence electrons. The number of hydrogen-bond donors (Lipinski definition) is 6. The predicted molar refractivity (Wildman–Crippen MR) is 457 cm³/mol. The fourth-order valence-electron chi connectivity index (χ4n) is 11.7. The van der Waals surface area contributed by atoms with Crippen molar-refractivity contribution in [3.8, 4) is 45.0 Å². The highest BCUT2D eigenvalue weighted by Crippen LogP contribution is 2.34. The first-order chi connectivity index (χ1) is 55.5. The van der Waals surface area contributed by atoms with Crippen molar-refractivity contribution in [3.05, 3.63) is 322 Å². The summed E-state index contributed by atoms with van der Waals surface area (Å²) in [5.74, 6) is 2.82. The Kier molecular flexibility index (Phi) is 28.8. The molecule has 2 aliphatic rings. The fraction of sp³-hybridized carbons (Fsp3) is 0.159. The van der Waals surface area contributed by atoms with Crippen molar-refractivity contribution in [1.82, 2.24) is 44.8 Å². The van der Waals surface area contributed by atoms with Gasteiger partial charge in [0, 0.05) is 147 Å². The maximum atomic E-state index is 12.7. The Morgan fingerprint density at radius 1 is 0.368 bits per heavy atom. The summed E-state index contributed by atoms with van der Waals surface area (Å²) in [6.07, 6.45) is 13.2. The van der Waals surface area contributed by atoms with E-state index in [0.29, 0.717) is 96.6 Å². The summed E-state index contributed by atoms with van der Waals surface area (Å²) in [6, 6.07) is 68.3. The Morgan fingerprint density at radius 2 is 0.702 bits per heavy atom. The van der Waals surface area contributed by atoms with Gasteiger partial charge < -0.3 is 51.3 Å². The Morgan fingerprint density at radius 3 is 1.02 bits per heavy atom. The number of pyridine rings is 8. The van der Waals surface area contributed by atoms with E-state index < -0.39 is 0 Å². The van der Waals surface area contributed by atoms with Crippen molar-refractivity contribution >= 4 is 116 Å². The number of morpholine rings is 1. The number of halogens is 4. The molecule has 15 rings (SSSR count). The van der Waals surface area contributed by atoms with Crippen LogP contribution in [-0.2, 0) is 11.3 Å². The topological polar surface area (TPSA) is 263 Å². The Labute approximate surface area is 681 Å². The summed E-state index contributed by atoms with van der Waals surface area (Å²) in [4.78, 5) is 91.9. The lowest BCUT2D eigenvalue weighted by Gasteiger charge is -2.33. The molecule has 2 saturated heterocycles. The van der Waals surface area contributed by atoms with E-state index >= 15 is 0 Å². The number of nitrogens with one attached hydrogen (secondary N) is 6. The minimum atomic E-state index is -0.244. The van der Waals surface area contributed by atoms with Crippen molar-refractivity contribution in [2.24, 2.45) is 5.92 Å². The smallest absolute Gasteiger partial charge is 0.257 e. The summed E-state index contributed by atoms with van der Waals surface area (Å²) in [5.41, 5.74) is 11.8. The molecule has 5 aromatic carbocycles. The van der Waals surface area contributed by atoms with Crippen molar-refractivity contribution in [3.63, 3.8) is 0 Å². The van der Waals surface area contributed by atoms with Gasteiger partial charge in [-0.05, 0) is 188 Å². The molecule has 2 aliphatic heterocycles. The molecular weight excluding hydrogens is 1520 g/mol. The van der Waals surface area contributed by atoms with Crippen molar-refractivity contribution in [2.45, 2.75) is 20.4 Å². The molecule has 114 heavy (non-hydrogen) atoms. The standard InChI is InChI=1S/C24H19ClN4O.C22H22ClN5O.C21H19ClN4O2.C21H21ClN4O/c25-21-11-10-19(14-20(21)22-8-4-5-13-26-22)29-24(30)18-9-12-23(28-16-18)27-15-17-6-2-1-3-7-17;1-27-10-12-28(13-11-27)21-8-5-16(15-25-21)22(29)26-17-6-7-19(23)18(14-17)20-4-2-3-9-24-20;22-18-6-5-16(13-17(18)19-3-1-2-8-23-19)25-21(27)15-4-7-20(24-14-15)26-9-11-28-12-10-26;1-14(2)12-24-20-9-6-15(13-25-20)21(27)26-16-7-8-18(22)17(11-16)19-5-3-4-10-23-19/h1-14,16H,15H2,(H,27,28)(H,29,30);2-9,14-15H,10-13H2,1H3,(H,26,29);1-8,13-14H,9-12H2,(H,25,27);3-11,13-14H,12H2,1-2H3,(H,24,25)(H,26,27). The van der Waals surface area contributed by atoms with Gasteiger partial charge in [0.25, 0.3) is 23.6 Å². The van der Waals surface area contributed by atoms with Crippen molar-refractivity contribution in [1.29, 1.82) is 0 Å². The molecule has 0 radical (unpaired) electrons. The van der Waals surface area contributed by atoms with Crippen LogP contribution in [0.25, 0.3) is 45.0 Å². The quantitative estimate of drug-likeness (QED) is 0.0414. The van der Waals surface area contributed by atoms with Crippen LogP contribution in [0.3, 0.4) is 0 Å². The number of likely N-dealkylation sites (N-methyl/N-ethyl adjacent to an activating group) is 1. The van der Waals surface area contributed by atoms with Gasteiger partial charge >= 0.3 is 0 Å². The number of ether oxygens (including phenoxy) is 1. The normalized spacial score (nSPS) is 12.4. The van der Waals surface area contributed by atoms with Gasteiger partial charge in [0.2, 0.25) is 0 Å². The maximum Gasteiger partial charge on any atom is 0.257 e. The van der Waals surface area contributed by atoms with Gasteiger partial charge in [0.05, 0.1) is 78.3 Å². The van der Waals surface area contributed by atoms with Crippen LogP contribution in [0.5, 0.6) is 0 Å². The molecule has 2 fully saturated rings. The zero-order chi connectivity index (χ0) is 79.6. The Bertz CT molecular complexity index is 5320. The summed E-state index contributed by atoms with van der Waals surface area (Å²) in [7, 11) is 2.12. The molecule has 10 heterocycles. The van der Waals surface area contributed by atoms with Gasteiger partial charge in [-0.3, -0.25) is 39.1 Å². The van der Waals surface area contributed by atoms with Crippen molar-refractivity contribution in [2.75, 3.05) is 108 Å². The molecule has 6 N–H and O–H groups in total. The maximum absolute atomic E-state index is 12.7. The van der Waals surface area contributed by atoms with E-state index in [0.717, 1.165) is 114 Å². The second-order valence-corrected chi connectivity index (χ2v) is 28.3. The van der Waals surface area contributed by atoms with Gasteiger partial charge in [-0.25, -0.2) is 19.9 Å². The van der Waals surface area contributed by atoms with Gasteiger partial charge in [0.15, 0.2) is 0 Å². The van der Waals surface area contributed by atoms with E-state index in [1.807, 2.05) is 146 Å². The Balaban J connectivity index is 0.000000141. The average molecular weight is 1600 g/mol. The number of carbonyl (C=O) groups is 4. The summed E-state index contributed by atoms with van der Waals surface area (Å²) < 4.78 is 5.35. The van der Waals surface area contributed by atoms with Crippen LogP contribution in [0.1, 0.15) is 60.8 Å². The Hall–Kier alpha value is -12.5. The third kappa shape index (κ3) is 23.3. The van der Waals surface area contributed by atoms with E-state index in [1.54, 1.807) is 128 Å². The van der Waals surface area contributed by atoms with Gasteiger partial charge in [-0.2, -0.15) is 0 Å². The van der Waals surface area contributed by atoms with Crippen LogP contribution in [0.2, 0.25) is 20.1 Å². The number of nitrogens with zero attached hydrogens (tertiary/aromatic N) is 11. The van der Waals surface area contributed by atoms with E-state index in [-0.39, 0.29) is 23.6 Å². The van der Waals surface area contributed by atoms with E-state index in [4.69, 9.17) is 51.1 Å². The first-order valence-electron chi connectivity index (χ1n) is 36.7. The van der Waals surface area contributed by atoms with Crippen LogP contribution in [0.15, 0.2) is 274 Å². The monoisotopic (exact) mass is 1600 g/mol. The van der Waals surface area contributed by atoms with E-state index in [2.05, 4.69) is 107 Å². The second-order valence-electron chi connectivity index (χ2n) is 26.6. The number of hydrogen-bond acceptors (Lipinski definition) is 18. The summed E-state index contributed by atoms with van der Waals surface area (Å²) in [5, 5.41) is 20.4. The zero-order valence-electron chi connectivity index (χ0n) is 62.6. The molecule has 4 amide bonds. The molecule has 0 aliphatic carbocycles. The van der Waals surface area contributed by atoms with Gasteiger partial charge in [-0.1, -0.05) is 115 Å². The van der Waals surface area contributed by atoms with Crippen LogP contribution < -0.4 is 41.7 Å². The van der Waals surface area contributed by atoms with Crippen molar-refractivity contribution < 1.29 is 23.9 Å². The first-order valence-corrected chi connectivity index (χ1v) is 38.2. The van der Waals surface area contributed by atoms with Crippen LogP contribution in [0, 0.1) is 5.92 Å². The number of aromatic nitrogens is 8. The minimum Gasteiger partial charge on any atom is -0.378 e. The summed E-state index contributed by atoms with van der Waals surface area (Å²) in [6.45, 7) is 12.7. The van der Waals surface area contributed by atoms with Crippen LogP contribution >= 0.6 is 46.4 Å². The molecule has 13 aromatic rings. The highest BCUT2D eigenvalue weighted by Gasteiger charge is 2.20. The van der Waals surface area contributed by atoms with Crippen LogP contribution in [0.4, 0.5) is 46.0 Å². The number of anilines is 8. The molecule has 0 bridgehead atoms. The SMILES string of the molecule is CC(C)CNc1ccc(C(=O)Nc2ccc(Cl)c(-c3ccccn3)c2)cn1.CN1CCN(c2ccc(C(=O)Nc3ccc(Cl)c(-c4ccccn4)c3)cn2)CC1.O=C(Nc1ccc(Cl)c(-c2ccccn2)c1)c1ccc(N2CCOCC2)nc1.O=C(Nc1ccc(Cl)c(-c2ccccn2)c1)c1ccc(NCc2ccccc2)nc1. The predicted octanol–water partition coefficient (Wildman–Crippen LogP) is 18.5. The third-order valence-electron chi connectivity index (χ3n) is 17.9. The van der Waals surface area contributed by atoms with E-state index in [1.165, 1.54) is 0 Å². The highest BCUT2D eigenvalue weighted by molar-refractivity contribution is 6.34. The highest BCUT2D eigenvalue weighted by atomic mass is 35.5. The van der Waals surface area contributed by atoms with Gasteiger partial charge in [0.1, 0.15) is 23.3 Å². The summed E-state index contributed by atoms with van der Waals surface area (Å²) >= 11 is 25.2. The molecule has 8 aromatic heterocycles. The molecule has 0 atom stereocenters. The first kappa shape index (κ1) is 81.0. The largest absolute Gasteiger partial charge is 0.378 e. The van der Waals surface area contributed by atoms with Crippen LogP contribution in [-0.4, -0.2) is 134 Å². The lowest BCUT2D eigenvalue weighted by Crippen LogP contribution is -2.44. The third-order valence-corrected chi connectivity index (χ3v) is 19.2. The van der Waals surface area contributed by atoms with Gasteiger partial charge in [-0.15, -0.1) is 0 Å².